The molecular formula is C17H21NO6. The van der Waals surface area contributed by atoms with E-state index in [1.165, 1.54) is 14.2 Å². The average Bonchev–Trinajstić information content (AvgIpc) is 2.57. The summed E-state index contributed by atoms with van der Waals surface area (Å²) in [5, 5.41) is 3.39. The molecule has 0 saturated heterocycles. The highest BCUT2D eigenvalue weighted by molar-refractivity contribution is 5.89. The smallest absolute Gasteiger partial charge is 0.340 e. The van der Waals surface area contributed by atoms with Gasteiger partial charge >= 0.3 is 5.63 Å². The Balaban J connectivity index is 2.43. The quantitative estimate of drug-likeness (QED) is 0.608. The predicted molar refractivity (Wildman–Crippen MR) is 88.9 cm³/mol. The fourth-order valence-electron chi connectivity index (χ4n) is 2.49. The summed E-state index contributed by atoms with van der Waals surface area (Å²) in [6, 6.07) is 3.51. The Morgan fingerprint density at radius 2 is 1.96 bits per heavy atom. The van der Waals surface area contributed by atoms with Crippen LogP contribution in [-0.2, 0) is 16.0 Å². The van der Waals surface area contributed by atoms with Gasteiger partial charge in [-0.25, -0.2) is 4.79 Å². The summed E-state index contributed by atoms with van der Waals surface area (Å²) in [5.41, 5.74) is 0.755. The summed E-state index contributed by atoms with van der Waals surface area (Å²) >= 11 is 0. The number of carbonyl (C=O) groups excluding carboxylic acids is 1. The van der Waals surface area contributed by atoms with Crippen molar-refractivity contribution in [3.05, 3.63) is 33.7 Å². The summed E-state index contributed by atoms with van der Waals surface area (Å²) in [6.45, 7) is 2.58. The summed E-state index contributed by atoms with van der Waals surface area (Å²) in [6.07, 6.45) is -0.0534. The van der Waals surface area contributed by atoms with Gasteiger partial charge < -0.3 is 23.9 Å². The molecule has 1 heterocycles. The number of carbonyl (C=O) groups is 1. The van der Waals surface area contributed by atoms with Crippen molar-refractivity contribution >= 4 is 16.9 Å². The van der Waals surface area contributed by atoms with Gasteiger partial charge in [-0.2, -0.15) is 0 Å². The van der Waals surface area contributed by atoms with Crippen molar-refractivity contribution in [1.29, 1.82) is 0 Å². The van der Waals surface area contributed by atoms with Crippen LogP contribution in [0.2, 0.25) is 0 Å². The maximum absolute atomic E-state index is 12.3. The first-order chi connectivity index (χ1) is 11.5. The van der Waals surface area contributed by atoms with Gasteiger partial charge in [0.2, 0.25) is 11.7 Å². The molecule has 130 valence electrons. The molecule has 1 aromatic heterocycles. The summed E-state index contributed by atoms with van der Waals surface area (Å²) in [5.74, 6) is 0.561. The Kier molecular flexibility index (Phi) is 5.81. The number of benzene rings is 1. The minimum atomic E-state index is -0.562. The second-order valence-electron chi connectivity index (χ2n) is 5.19. The normalized spacial score (nSPS) is 10.7. The molecule has 24 heavy (non-hydrogen) atoms. The number of nitrogens with one attached hydrogen (secondary N) is 1. The summed E-state index contributed by atoms with van der Waals surface area (Å²) in [7, 11) is 4.53. The van der Waals surface area contributed by atoms with Crippen LogP contribution in [0.3, 0.4) is 0 Å². The van der Waals surface area contributed by atoms with E-state index >= 15 is 0 Å². The molecule has 1 amide bonds. The van der Waals surface area contributed by atoms with Gasteiger partial charge in [0.15, 0.2) is 11.3 Å². The largest absolute Gasteiger partial charge is 0.493 e. The monoisotopic (exact) mass is 335 g/mol. The second-order valence-corrected chi connectivity index (χ2v) is 5.19. The fraction of sp³-hybridized carbons (Fsp3) is 0.412. The second kappa shape index (κ2) is 7.83. The predicted octanol–water partition coefficient (Wildman–Crippen LogP) is 1.42. The molecule has 0 aliphatic rings. The number of rotatable bonds is 7. The van der Waals surface area contributed by atoms with Gasteiger partial charge in [0.25, 0.3) is 0 Å². The molecule has 0 unspecified atom stereocenters. The van der Waals surface area contributed by atoms with E-state index in [9.17, 15) is 9.59 Å². The van der Waals surface area contributed by atoms with E-state index in [0.717, 1.165) is 0 Å². The minimum absolute atomic E-state index is 0.0534. The lowest BCUT2D eigenvalue weighted by atomic mass is 10.0. The number of hydrogen-bond acceptors (Lipinski definition) is 6. The Morgan fingerprint density at radius 3 is 2.58 bits per heavy atom. The van der Waals surface area contributed by atoms with E-state index in [-0.39, 0.29) is 12.3 Å². The molecule has 0 spiro atoms. The van der Waals surface area contributed by atoms with Crippen LogP contribution < -0.4 is 20.4 Å². The van der Waals surface area contributed by atoms with Crippen LogP contribution in [0, 0.1) is 6.92 Å². The molecule has 0 aliphatic carbocycles. The van der Waals surface area contributed by atoms with Crippen LogP contribution in [0.1, 0.15) is 11.1 Å². The third-order valence-corrected chi connectivity index (χ3v) is 3.76. The molecule has 0 aliphatic heterocycles. The first-order valence-electron chi connectivity index (χ1n) is 7.46. The van der Waals surface area contributed by atoms with E-state index in [0.29, 0.717) is 46.7 Å². The van der Waals surface area contributed by atoms with Gasteiger partial charge in [-0.1, -0.05) is 0 Å². The molecular weight excluding hydrogens is 314 g/mol. The molecule has 2 aromatic rings. The third kappa shape index (κ3) is 3.51. The number of ether oxygens (including phenoxy) is 3. The van der Waals surface area contributed by atoms with Gasteiger partial charge in [0.1, 0.15) is 0 Å². The van der Waals surface area contributed by atoms with Crippen LogP contribution in [0.15, 0.2) is 21.3 Å². The zero-order chi connectivity index (χ0) is 17.7. The van der Waals surface area contributed by atoms with E-state index in [1.54, 1.807) is 26.2 Å². The highest BCUT2D eigenvalue weighted by atomic mass is 16.5. The van der Waals surface area contributed by atoms with Gasteiger partial charge in [-0.05, 0) is 24.6 Å². The zero-order valence-corrected chi connectivity index (χ0v) is 14.2. The van der Waals surface area contributed by atoms with Crippen molar-refractivity contribution < 1.29 is 23.4 Å². The van der Waals surface area contributed by atoms with E-state index in [2.05, 4.69) is 5.32 Å². The highest BCUT2D eigenvalue weighted by Crippen LogP contribution is 2.36. The van der Waals surface area contributed by atoms with Gasteiger partial charge in [-0.3, -0.25) is 4.79 Å². The van der Waals surface area contributed by atoms with Crippen LogP contribution in [-0.4, -0.2) is 40.4 Å². The maximum atomic E-state index is 12.3. The Morgan fingerprint density at radius 1 is 1.21 bits per heavy atom. The number of hydrogen-bond donors (Lipinski definition) is 1. The first kappa shape index (κ1) is 17.8. The van der Waals surface area contributed by atoms with Crippen LogP contribution in [0.4, 0.5) is 0 Å². The lowest BCUT2D eigenvalue weighted by Crippen LogP contribution is -2.30. The Labute approximate surface area is 139 Å². The van der Waals surface area contributed by atoms with E-state index in [1.807, 2.05) is 0 Å². The molecule has 1 aromatic carbocycles. The number of aryl methyl sites for hydroxylation is 1. The summed E-state index contributed by atoms with van der Waals surface area (Å²) in [4.78, 5) is 24.3. The molecule has 7 nitrogen and oxygen atoms in total. The summed E-state index contributed by atoms with van der Waals surface area (Å²) < 4.78 is 20.8. The minimum Gasteiger partial charge on any atom is -0.493 e. The van der Waals surface area contributed by atoms with Gasteiger partial charge in [-0.15, -0.1) is 0 Å². The van der Waals surface area contributed by atoms with Crippen molar-refractivity contribution in [2.24, 2.45) is 0 Å². The first-order valence-corrected chi connectivity index (χ1v) is 7.46. The van der Waals surface area contributed by atoms with Gasteiger partial charge in [0.05, 0.1) is 32.8 Å². The van der Waals surface area contributed by atoms with Crippen molar-refractivity contribution in [2.45, 2.75) is 13.3 Å². The number of amides is 1. The Bertz CT molecular complexity index is 796. The van der Waals surface area contributed by atoms with E-state index in [4.69, 9.17) is 18.6 Å². The van der Waals surface area contributed by atoms with E-state index < -0.39 is 5.63 Å². The molecule has 0 bridgehead atoms. The average molecular weight is 335 g/mol. The molecule has 0 atom stereocenters. The highest BCUT2D eigenvalue weighted by Gasteiger charge is 2.19. The molecule has 0 saturated carbocycles. The maximum Gasteiger partial charge on any atom is 0.340 e. The van der Waals surface area contributed by atoms with Crippen molar-refractivity contribution in [1.82, 2.24) is 5.32 Å². The zero-order valence-electron chi connectivity index (χ0n) is 14.2. The standard InChI is InChI=1S/C17H21NO6/c1-10-11-5-6-13(22-3)16(23-4)15(11)24-17(20)12(10)9-14(19)18-7-8-21-2/h5-6H,7-9H2,1-4H3,(H,18,19). The number of methoxy groups -OCH3 is 3. The molecule has 0 fully saturated rings. The Hall–Kier alpha value is -2.54. The van der Waals surface area contributed by atoms with Crippen molar-refractivity contribution in [3.8, 4) is 11.5 Å². The van der Waals surface area contributed by atoms with Crippen molar-refractivity contribution in [3.63, 3.8) is 0 Å². The third-order valence-electron chi connectivity index (χ3n) is 3.76. The SMILES string of the molecule is COCCNC(=O)Cc1c(C)c2ccc(OC)c(OC)c2oc1=O. The molecule has 0 radical (unpaired) electrons. The van der Waals surface area contributed by atoms with Crippen LogP contribution in [0.25, 0.3) is 11.0 Å². The van der Waals surface area contributed by atoms with Crippen molar-refractivity contribution in [2.75, 3.05) is 34.5 Å². The lowest BCUT2D eigenvalue weighted by Gasteiger charge is -2.12. The molecule has 1 N–H and O–H groups in total. The lowest BCUT2D eigenvalue weighted by molar-refractivity contribution is -0.120. The fourth-order valence-corrected chi connectivity index (χ4v) is 2.49. The molecule has 2 rings (SSSR count). The molecule has 7 heteroatoms. The topological polar surface area (TPSA) is 87.0 Å². The van der Waals surface area contributed by atoms with Crippen LogP contribution in [0.5, 0.6) is 11.5 Å². The number of fused-ring (bicyclic) bond motifs is 1. The van der Waals surface area contributed by atoms with Gasteiger partial charge in [0, 0.05) is 19.0 Å². The van der Waals surface area contributed by atoms with Crippen LogP contribution >= 0.6 is 0 Å².